The number of carbonyl (C=O) groups is 2. The molecule has 0 bridgehead atoms. The van der Waals surface area contributed by atoms with Crippen molar-refractivity contribution in [2.24, 2.45) is 11.8 Å². The smallest absolute Gasteiger partial charge is 0.306 e. The minimum Gasteiger partial charge on any atom is -0.481 e. The number of nitrogens with one attached hydrogen (secondary N) is 1. The molecule has 2 aromatic rings. The highest BCUT2D eigenvalue weighted by Gasteiger charge is 2.33. The molecule has 5 nitrogen and oxygen atoms in total. The number of carboxylic acids is 1. The lowest BCUT2D eigenvalue weighted by atomic mass is 10.0. The van der Waals surface area contributed by atoms with Crippen molar-refractivity contribution < 1.29 is 14.7 Å². The quantitative estimate of drug-likeness (QED) is 0.909. The van der Waals surface area contributed by atoms with Crippen molar-refractivity contribution in [3.05, 3.63) is 29.3 Å². The van der Waals surface area contributed by atoms with Crippen molar-refractivity contribution in [3.8, 4) is 0 Å². The van der Waals surface area contributed by atoms with Crippen molar-refractivity contribution in [3.63, 3.8) is 0 Å². The second kappa shape index (κ2) is 5.81. The standard InChI is InChI=1S/C15H16N2O3S/c18-14(9-5-6-10(7-9)15(19)20)16-8-13-17-11-3-1-2-4-12(11)21-13/h1-4,9-10H,5-8H2,(H,16,18)(H,19,20)/t9-,10+/m0/s1. The van der Waals surface area contributed by atoms with Crippen molar-refractivity contribution in [2.75, 3.05) is 0 Å². The second-order valence-corrected chi connectivity index (χ2v) is 6.45. The highest BCUT2D eigenvalue weighted by atomic mass is 32.1. The van der Waals surface area contributed by atoms with Crippen molar-refractivity contribution in [1.29, 1.82) is 0 Å². The van der Waals surface area contributed by atoms with Crippen molar-refractivity contribution >= 4 is 33.4 Å². The number of amides is 1. The summed E-state index contributed by atoms with van der Waals surface area (Å²) in [4.78, 5) is 27.4. The first-order chi connectivity index (χ1) is 10.1. The number of aliphatic carboxylic acids is 1. The van der Waals surface area contributed by atoms with E-state index in [1.54, 1.807) is 11.3 Å². The van der Waals surface area contributed by atoms with E-state index in [9.17, 15) is 9.59 Å². The van der Waals surface area contributed by atoms with Crippen LogP contribution in [0.25, 0.3) is 10.2 Å². The van der Waals surface area contributed by atoms with Gasteiger partial charge in [0.25, 0.3) is 0 Å². The van der Waals surface area contributed by atoms with Crippen LogP contribution in [-0.4, -0.2) is 22.0 Å². The maximum absolute atomic E-state index is 12.1. The van der Waals surface area contributed by atoms with E-state index < -0.39 is 5.97 Å². The summed E-state index contributed by atoms with van der Waals surface area (Å²) in [7, 11) is 0. The van der Waals surface area contributed by atoms with Crippen LogP contribution in [0.4, 0.5) is 0 Å². The number of aromatic nitrogens is 1. The number of nitrogens with zero attached hydrogens (tertiary/aromatic N) is 1. The number of hydrogen-bond donors (Lipinski definition) is 2. The molecular weight excluding hydrogens is 288 g/mol. The number of carbonyl (C=O) groups excluding carboxylic acids is 1. The zero-order valence-electron chi connectivity index (χ0n) is 11.4. The van der Waals surface area contributed by atoms with E-state index >= 15 is 0 Å². The van der Waals surface area contributed by atoms with E-state index in [0.29, 0.717) is 25.8 Å². The van der Waals surface area contributed by atoms with Crippen LogP contribution in [0.5, 0.6) is 0 Å². The van der Waals surface area contributed by atoms with E-state index in [1.807, 2.05) is 24.3 Å². The summed E-state index contributed by atoms with van der Waals surface area (Å²) in [6.07, 6.45) is 1.69. The number of thiazole rings is 1. The van der Waals surface area contributed by atoms with E-state index in [0.717, 1.165) is 15.2 Å². The molecule has 1 heterocycles. The Hall–Kier alpha value is -1.95. The molecule has 21 heavy (non-hydrogen) atoms. The predicted molar refractivity (Wildman–Crippen MR) is 79.9 cm³/mol. The van der Waals surface area contributed by atoms with Gasteiger partial charge in [0.2, 0.25) is 5.91 Å². The molecule has 1 fully saturated rings. The number of carboxylic acid groups (broad SMARTS) is 1. The molecule has 6 heteroatoms. The van der Waals surface area contributed by atoms with Gasteiger partial charge in [-0.3, -0.25) is 9.59 Å². The number of hydrogen-bond acceptors (Lipinski definition) is 4. The summed E-state index contributed by atoms with van der Waals surface area (Å²) in [6.45, 7) is 0.409. The Bertz CT molecular complexity index is 649. The van der Waals surface area contributed by atoms with Crippen LogP contribution in [0.2, 0.25) is 0 Å². The van der Waals surface area contributed by atoms with Gasteiger partial charge < -0.3 is 10.4 Å². The largest absolute Gasteiger partial charge is 0.481 e. The molecule has 1 aliphatic rings. The normalized spacial score (nSPS) is 21.5. The van der Waals surface area contributed by atoms with Gasteiger partial charge >= 0.3 is 5.97 Å². The molecular formula is C15H16N2O3S. The van der Waals surface area contributed by atoms with Gasteiger partial charge in [-0.1, -0.05) is 12.1 Å². The maximum Gasteiger partial charge on any atom is 0.306 e. The molecule has 1 saturated carbocycles. The Morgan fingerprint density at radius 1 is 1.29 bits per heavy atom. The Balaban J connectivity index is 1.57. The summed E-state index contributed by atoms with van der Waals surface area (Å²) >= 11 is 1.57. The minimum atomic E-state index is -0.795. The zero-order valence-corrected chi connectivity index (χ0v) is 12.2. The third-order valence-corrected chi connectivity index (χ3v) is 4.94. The van der Waals surface area contributed by atoms with Crippen LogP contribution in [0.1, 0.15) is 24.3 Å². The number of rotatable bonds is 4. The molecule has 1 aromatic heterocycles. The van der Waals surface area contributed by atoms with Crippen molar-refractivity contribution in [1.82, 2.24) is 10.3 Å². The summed E-state index contributed by atoms with van der Waals surface area (Å²) < 4.78 is 1.11. The Morgan fingerprint density at radius 3 is 2.76 bits per heavy atom. The molecule has 0 spiro atoms. The molecule has 1 amide bonds. The van der Waals surface area contributed by atoms with Gasteiger partial charge in [0.05, 0.1) is 22.7 Å². The Kier molecular flexibility index (Phi) is 3.88. The molecule has 0 unspecified atom stereocenters. The molecule has 2 atom stereocenters. The van der Waals surface area contributed by atoms with Crippen LogP contribution in [-0.2, 0) is 16.1 Å². The van der Waals surface area contributed by atoms with Crippen LogP contribution in [0.3, 0.4) is 0 Å². The molecule has 0 saturated heterocycles. The summed E-state index contributed by atoms with van der Waals surface area (Å²) in [6, 6.07) is 7.86. The fourth-order valence-corrected chi connectivity index (χ4v) is 3.65. The van der Waals surface area contributed by atoms with Gasteiger partial charge in [-0.25, -0.2) is 4.98 Å². The number of para-hydroxylation sites is 1. The molecule has 2 N–H and O–H groups in total. The lowest BCUT2D eigenvalue weighted by Gasteiger charge is -2.09. The van der Waals surface area contributed by atoms with E-state index in [1.165, 1.54) is 0 Å². The fraction of sp³-hybridized carbons (Fsp3) is 0.400. The van der Waals surface area contributed by atoms with Crippen LogP contribution >= 0.6 is 11.3 Å². The van der Waals surface area contributed by atoms with Gasteiger partial charge in [-0.15, -0.1) is 11.3 Å². The average molecular weight is 304 g/mol. The van der Waals surface area contributed by atoms with E-state index in [2.05, 4.69) is 10.3 Å². The number of fused-ring (bicyclic) bond motifs is 1. The third kappa shape index (κ3) is 3.05. The Morgan fingerprint density at radius 2 is 2.05 bits per heavy atom. The Labute approximate surface area is 126 Å². The third-order valence-electron chi connectivity index (χ3n) is 3.90. The molecule has 1 aromatic carbocycles. The predicted octanol–water partition coefficient (Wildman–Crippen LogP) is 2.41. The minimum absolute atomic E-state index is 0.0574. The molecule has 0 aliphatic heterocycles. The van der Waals surface area contributed by atoms with Crippen LogP contribution in [0.15, 0.2) is 24.3 Å². The highest BCUT2D eigenvalue weighted by Crippen LogP contribution is 2.31. The summed E-state index contributed by atoms with van der Waals surface area (Å²) in [5, 5.41) is 12.7. The molecule has 0 radical (unpaired) electrons. The first kappa shape index (κ1) is 14.0. The zero-order chi connectivity index (χ0) is 14.8. The van der Waals surface area contributed by atoms with Crippen molar-refractivity contribution in [2.45, 2.75) is 25.8 Å². The van der Waals surface area contributed by atoms with Crippen LogP contribution in [0, 0.1) is 11.8 Å². The monoisotopic (exact) mass is 304 g/mol. The molecule has 3 rings (SSSR count). The maximum atomic E-state index is 12.1. The van der Waals surface area contributed by atoms with Gasteiger partial charge in [0.15, 0.2) is 0 Å². The average Bonchev–Trinajstić information content (AvgIpc) is 3.11. The molecule has 1 aliphatic carbocycles. The van der Waals surface area contributed by atoms with Gasteiger partial charge in [-0.2, -0.15) is 0 Å². The van der Waals surface area contributed by atoms with Gasteiger partial charge in [-0.05, 0) is 31.4 Å². The lowest BCUT2D eigenvalue weighted by Crippen LogP contribution is -2.29. The summed E-state index contributed by atoms with van der Waals surface area (Å²) in [5.74, 6) is -1.40. The van der Waals surface area contributed by atoms with Crippen LogP contribution < -0.4 is 5.32 Å². The number of benzene rings is 1. The SMILES string of the molecule is O=C(O)[C@@H]1CC[C@H](C(=O)NCc2nc3ccccc3s2)C1. The molecule has 110 valence electrons. The second-order valence-electron chi connectivity index (χ2n) is 5.34. The summed E-state index contributed by atoms with van der Waals surface area (Å²) in [5.41, 5.74) is 0.943. The highest BCUT2D eigenvalue weighted by molar-refractivity contribution is 7.18. The van der Waals surface area contributed by atoms with E-state index in [-0.39, 0.29) is 17.7 Å². The first-order valence-electron chi connectivity index (χ1n) is 6.98. The van der Waals surface area contributed by atoms with Gasteiger partial charge in [0.1, 0.15) is 5.01 Å². The topological polar surface area (TPSA) is 79.3 Å². The fourth-order valence-electron chi connectivity index (χ4n) is 2.75. The van der Waals surface area contributed by atoms with E-state index in [4.69, 9.17) is 5.11 Å². The first-order valence-corrected chi connectivity index (χ1v) is 7.80. The van der Waals surface area contributed by atoms with Gasteiger partial charge in [0, 0.05) is 5.92 Å². The lowest BCUT2D eigenvalue weighted by molar-refractivity contribution is -0.141.